The Kier molecular flexibility index (Phi) is 7.44. The van der Waals surface area contributed by atoms with E-state index in [0.29, 0.717) is 41.4 Å². The van der Waals surface area contributed by atoms with Gasteiger partial charge in [0.05, 0.1) is 10.0 Å². The van der Waals surface area contributed by atoms with Gasteiger partial charge in [0.1, 0.15) is 5.82 Å². The molecule has 7 nitrogen and oxygen atoms in total. The molecule has 3 N–H and O–H groups in total. The number of nitrogens with one attached hydrogen (secondary N) is 3. The number of anilines is 3. The van der Waals surface area contributed by atoms with Crippen molar-refractivity contribution in [1.82, 2.24) is 20.2 Å². The first-order chi connectivity index (χ1) is 12.3. The first-order valence-electron chi connectivity index (χ1n) is 8.06. The maximum Gasteiger partial charge on any atom is 0.229 e. The molecule has 0 saturated carbocycles. The van der Waals surface area contributed by atoms with Gasteiger partial charge in [0.25, 0.3) is 0 Å². The van der Waals surface area contributed by atoms with E-state index in [4.69, 9.17) is 23.2 Å². The lowest BCUT2D eigenvalue weighted by Crippen LogP contribution is -2.27. The van der Waals surface area contributed by atoms with Gasteiger partial charge in [-0.1, -0.05) is 23.2 Å². The number of carbonyl (C=O) groups excluding carboxylic acids is 1. The van der Waals surface area contributed by atoms with E-state index in [-0.39, 0.29) is 5.91 Å². The molecule has 0 atom stereocenters. The zero-order valence-corrected chi connectivity index (χ0v) is 16.4. The Morgan fingerprint density at radius 1 is 1.19 bits per heavy atom. The monoisotopic (exact) mass is 396 g/mol. The number of hydrogen-bond donors (Lipinski definition) is 3. The molecule has 2 aromatic rings. The van der Waals surface area contributed by atoms with Crippen molar-refractivity contribution in [3.8, 4) is 0 Å². The van der Waals surface area contributed by atoms with E-state index in [0.717, 1.165) is 11.3 Å². The molecule has 26 heavy (non-hydrogen) atoms. The largest absolute Gasteiger partial charge is 0.368 e. The van der Waals surface area contributed by atoms with E-state index in [1.807, 2.05) is 19.0 Å². The second-order valence-electron chi connectivity index (χ2n) is 5.97. The highest BCUT2D eigenvalue weighted by atomic mass is 35.5. The standard InChI is InChI=1S/C17H22Cl2N6O/c1-11(26)20-6-7-21-16-12(10-25(2)3)9-22-17(24-16)23-13-4-5-14(18)15(19)8-13/h4-5,8-9H,6-7,10H2,1-3H3,(H,20,26)(H2,21,22,23,24). The van der Waals surface area contributed by atoms with E-state index in [1.54, 1.807) is 24.4 Å². The second-order valence-corrected chi connectivity index (χ2v) is 6.78. The molecule has 1 aromatic carbocycles. The smallest absolute Gasteiger partial charge is 0.229 e. The van der Waals surface area contributed by atoms with Gasteiger partial charge >= 0.3 is 0 Å². The van der Waals surface area contributed by atoms with E-state index in [9.17, 15) is 4.79 Å². The molecule has 0 aliphatic carbocycles. The quantitative estimate of drug-likeness (QED) is 0.594. The molecule has 0 radical (unpaired) electrons. The van der Waals surface area contributed by atoms with Gasteiger partial charge in [0.2, 0.25) is 11.9 Å². The molecule has 140 valence electrons. The highest BCUT2D eigenvalue weighted by Gasteiger charge is 2.09. The van der Waals surface area contributed by atoms with Crippen LogP contribution in [0.5, 0.6) is 0 Å². The van der Waals surface area contributed by atoms with Crippen molar-refractivity contribution in [2.45, 2.75) is 13.5 Å². The normalized spacial score (nSPS) is 10.7. The summed E-state index contributed by atoms with van der Waals surface area (Å²) in [7, 11) is 3.95. The van der Waals surface area contributed by atoms with E-state index in [1.165, 1.54) is 6.92 Å². The molecule has 0 aliphatic rings. The van der Waals surface area contributed by atoms with Crippen LogP contribution in [0.3, 0.4) is 0 Å². The number of hydrogen-bond acceptors (Lipinski definition) is 6. The van der Waals surface area contributed by atoms with Crippen LogP contribution in [-0.4, -0.2) is 48.0 Å². The molecule has 0 spiro atoms. The summed E-state index contributed by atoms with van der Waals surface area (Å²) in [6, 6.07) is 5.22. The molecule has 1 heterocycles. The molecule has 1 amide bonds. The minimum Gasteiger partial charge on any atom is -0.368 e. The fourth-order valence-electron chi connectivity index (χ4n) is 2.20. The van der Waals surface area contributed by atoms with Gasteiger partial charge in [-0.15, -0.1) is 0 Å². The number of rotatable bonds is 8. The van der Waals surface area contributed by atoms with E-state index in [2.05, 4.69) is 25.9 Å². The molecule has 0 bridgehead atoms. The fourth-order valence-corrected chi connectivity index (χ4v) is 2.50. The molecule has 0 unspecified atom stereocenters. The van der Waals surface area contributed by atoms with Crippen LogP contribution in [0.15, 0.2) is 24.4 Å². The van der Waals surface area contributed by atoms with Gasteiger partial charge in [-0.05, 0) is 32.3 Å². The van der Waals surface area contributed by atoms with E-state index < -0.39 is 0 Å². The average Bonchev–Trinajstić information content (AvgIpc) is 2.56. The molecule has 2 rings (SSSR count). The predicted octanol–water partition coefficient (Wildman–Crippen LogP) is 3.14. The summed E-state index contributed by atoms with van der Waals surface area (Å²) in [6.45, 7) is 3.25. The van der Waals surface area contributed by atoms with E-state index >= 15 is 0 Å². The number of halogens is 2. The summed E-state index contributed by atoms with van der Waals surface area (Å²) in [5.74, 6) is 1.08. The third kappa shape index (κ3) is 6.33. The van der Waals surface area contributed by atoms with Crippen molar-refractivity contribution in [1.29, 1.82) is 0 Å². The zero-order valence-electron chi connectivity index (χ0n) is 14.9. The van der Waals surface area contributed by atoms with Gasteiger partial charge < -0.3 is 20.9 Å². The molecular weight excluding hydrogens is 375 g/mol. The highest BCUT2D eigenvalue weighted by molar-refractivity contribution is 6.42. The Labute approximate surface area is 163 Å². The molecule has 0 aliphatic heterocycles. The third-order valence-corrected chi connectivity index (χ3v) is 4.06. The number of nitrogens with zero attached hydrogens (tertiary/aromatic N) is 3. The fraction of sp³-hybridized carbons (Fsp3) is 0.353. The molecular formula is C17H22Cl2N6O. The summed E-state index contributed by atoms with van der Waals surface area (Å²) >= 11 is 12.0. The lowest BCUT2D eigenvalue weighted by molar-refractivity contribution is -0.118. The number of carbonyl (C=O) groups is 1. The summed E-state index contributed by atoms with van der Waals surface area (Å²) in [4.78, 5) is 21.9. The highest BCUT2D eigenvalue weighted by Crippen LogP contribution is 2.26. The van der Waals surface area contributed by atoms with Gasteiger partial charge in [0, 0.05) is 44.0 Å². The van der Waals surface area contributed by atoms with Crippen LogP contribution < -0.4 is 16.0 Å². The van der Waals surface area contributed by atoms with Crippen LogP contribution >= 0.6 is 23.2 Å². The van der Waals surface area contributed by atoms with Gasteiger partial charge in [-0.3, -0.25) is 4.79 Å². The second kappa shape index (κ2) is 9.56. The molecule has 0 fully saturated rings. The first-order valence-corrected chi connectivity index (χ1v) is 8.82. The Morgan fingerprint density at radius 3 is 2.62 bits per heavy atom. The number of aromatic nitrogens is 2. The van der Waals surface area contributed by atoms with Crippen molar-refractivity contribution in [3.05, 3.63) is 40.0 Å². The van der Waals surface area contributed by atoms with Gasteiger partial charge in [-0.25, -0.2) is 4.98 Å². The summed E-state index contributed by atoms with van der Waals surface area (Å²) in [6.07, 6.45) is 1.77. The Morgan fingerprint density at radius 2 is 1.96 bits per heavy atom. The van der Waals surface area contributed by atoms with Crippen molar-refractivity contribution >= 4 is 46.6 Å². The Balaban J connectivity index is 2.14. The average molecular weight is 397 g/mol. The topological polar surface area (TPSA) is 82.2 Å². The van der Waals surface area contributed by atoms with Crippen LogP contribution in [0.25, 0.3) is 0 Å². The maximum atomic E-state index is 11.0. The Hall–Kier alpha value is -2.09. The van der Waals surface area contributed by atoms with Crippen LogP contribution in [0, 0.1) is 0 Å². The molecule has 1 aromatic heterocycles. The summed E-state index contributed by atoms with van der Waals surface area (Å²) in [5.41, 5.74) is 1.70. The lowest BCUT2D eigenvalue weighted by Gasteiger charge is -2.16. The molecule has 9 heteroatoms. The van der Waals surface area contributed by atoms with Crippen molar-refractivity contribution in [3.63, 3.8) is 0 Å². The van der Waals surface area contributed by atoms with Crippen LogP contribution in [0.4, 0.5) is 17.5 Å². The summed E-state index contributed by atoms with van der Waals surface area (Å²) < 4.78 is 0. The van der Waals surface area contributed by atoms with Gasteiger partial charge in [0.15, 0.2) is 0 Å². The SMILES string of the molecule is CC(=O)NCCNc1nc(Nc2ccc(Cl)c(Cl)c2)ncc1CN(C)C. The first kappa shape index (κ1) is 20.2. The maximum absolute atomic E-state index is 11.0. The summed E-state index contributed by atoms with van der Waals surface area (Å²) in [5, 5.41) is 10.0. The minimum absolute atomic E-state index is 0.0648. The van der Waals surface area contributed by atoms with Gasteiger partial charge in [-0.2, -0.15) is 4.98 Å². The number of benzene rings is 1. The van der Waals surface area contributed by atoms with Crippen LogP contribution in [0.1, 0.15) is 12.5 Å². The van der Waals surface area contributed by atoms with Crippen LogP contribution in [-0.2, 0) is 11.3 Å². The minimum atomic E-state index is -0.0648. The van der Waals surface area contributed by atoms with Crippen molar-refractivity contribution in [2.75, 3.05) is 37.8 Å². The Bertz CT molecular complexity index is 769. The molecule has 0 saturated heterocycles. The van der Waals surface area contributed by atoms with Crippen molar-refractivity contribution in [2.24, 2.45) is 0 Å². The third-order valence-electron chi connectivity index (χ3n) is 3.32. The zero-order chi connectivity index (χ0) is 19.1. The lowest BCUT2D eigenvalue weighted by atomic mass is 10.3. The van der Waals surface area contributed by atoms with Crippen LogP contribution in [0.2, 0.25) is 10.0 Å². The number of amides is 1. The van der Waals surface area contributed by atoms with Crippen molar-refractivity contribution < 1.29 is 4.79 Å². The predicted molar refractivity (Wildman–Crippen MR) is 106 cm³/mol.